The highest BCUT2D eigenvalue weighted by molar-refractivity contribution is 5.95. The summed E-state index contributed by atoms with van der Waals surface area (Å²) in [5, 5.41) is 12.3. The van der Waals surface area contributed by atoms with Crippen LogP contribution in [0.15, 0.2) is 35.4 Å². The minimum absolute atomic E-state index is 0.199. The molecule has 0 fully saturated rings. The fourth-order valence-electron chi connectivity index (χ4n) is 3.20. The summed E-state index contributed by atoms with van der Waals surface area (Å²) in [6, 6.07) is 7.84. The van der Waals surface area contributed by atoms with E-state index >= 15 is 0 Å². The number of carbonyl (C=O) groups is 2. The SMILES string of the molecule is CCCCc1ccc(NC(=O)C2CC(C)=C(C)CC2C(=O)O)cc1. The third-order valence-corrected chi connectivity index (χ3v) is 4.96. The highest BCUT2D eigenvalue weighted by Crippen LogP contribution is 2.35. The summed E-state index contributed by atoms with van der Waals surface area (Å²) in [7, 11) is 0. The predicted octanol–water partition coefficient (Wildman–Crippen LogP) is 4.41. The first-order chi connectivity index (χ1) is 11.4. The molecule has 2 unspecified atom stereocenters. The maximum absolute atomic E-state index is 12.6. The highest BCUT2D eigenvalue weighted by Gasteiger charge is 2.37. The number of carboxylic acid groups (broad SMARTS) is 1. The Kier molecular flexibility index (Phi) is 6.18. The lowest BCUT2D eigenvalue weighted by Gasteiger charge is -2.29. The summed E-state index contributed by atoms with van der Waals surface area (Å²) in [6.45, 7) is 6.10. The molecule has 2 rings (SSSR count). The lowest BCUT2D eigenvalue weighted by molar-refractivity contribution is -0.146. The number of anilines is 1. The first-order valence-corrected chi connectivity index (χ1v) is 8.70. The number of aryl methyl sites for hydroxylation is 1. The van der Waals surface area contributed by atoms with Gasteiger partial charge in [0.25, 0.3) is 0 Å². The summed E-state index contributed by atoms with van der Waals surface area (Å²) >= 11 is 0. The summed E-state index contributed by atoms with van der Waals surface area (Å²) in [5.41, 5.74) is 4.20. The lowest BCUT2D eigenvalue weighted by atomic mass is 9.76. The average molecular weight is 329 g/mol. The van der Waals surface area contributed by atoms with Gasteiger partial charge in [-0.3, -0.25) is 9.59 Å². The molecule has 1 aliphatic carbocycles. The smallest absolute Gasteiger partial charge is 0.307 e. The van der Waals surface area contributed by atoms with Crippen molar-refractivity contribution in [3.63, 3.8) is 0 Å². The van der Waals surface area contributed by atoms with Gasteiger partial charge in [0, 0.05) is 5.69 Å². The summed E-state index contributed by atoms with van der Waals surface area (Å²) in [6.07, 6.45) is 4.32. The van der Waals surface area contributed by atoms with Crippen molar-refractivity contribution in [2.24, 2.45) is 11.8 Å². The zero-order valence-electron chi connectivity index (χ0n) is 14.8. The summed E-state index contributed by atoms with van der Waals surface area (Å²) in [5.74, 6) is -2.24. The van der Waals surface area contributed by atoms with E-state index < -0.39 is 17.8 Å². The topological polar surface area (TPSA) is 66.4 Å². The first-order valence-electron chi connectivity index (χ1n) is 8.70. The van der Waals surface area contributed by atoms with E-state index in [-0.39, 0.29) is 5.91 Å². The van der Waals surface area contributed by atoms with Gasteiger partial charge in [0.1, 0.15) is 0 Å². The molecule has 1 aromatic carbocycles. The van der Waals surface area contributed by atoms with Crippen molar-refractivity contribution < 1.29 is 14.7 Å². The zero-order chi connectivity index (χ0) is 17.7. The van der Waals surface area contributed by atoms with E-state index in [4.69, 9.17) is 0 Å². The minimum Gasteiger partial charge on any atom is -0.481 e. The molecule has 4 nitrogen and oxygen atoms in total. The Morgan fingerprint density at radius 2 is 1.67 bits per heavy atom. The molecule has 0 aliphatic heterocycles. The largest absolute Gasteiger partial charge is 0.481 e. The zero-order valence-corrected chi connectivity index (χ0v) is 14.8. The van der Waals surface area contributed by atoms with Crippen LogP contribution in [0.4, 0.5) is 5.69 Å². The van der Waals surface area contributed by atoms with Gasteiger partial charge in [0.2, 0.25) is 5.91 Å². The Bertz CT molecular complexity index is 631. The third kappa shape index (κ3) is 4.47. The molecule has 0 heterocycles. The fraction of sp³-hybridized carbons (Fsp3) is 0.500. The molecule has 2 atom stereocenters. The number of amides is 1. The molecule has 0 saturated heterocycles. The maximum Gasteiger partial charge on any atom is 0.307 e. The van der Waals surface area contributed by atoms with E-state index in [1.54, 1.807) is 0 Å². The molecular weight excluding hydrogens is 302 g/mol. The second kappa shape index (κ2) is 8.13. The van der Waals surface area contributed by atoms with Crippen molar-refractivity contribution in [3.05, 3.63) is 41.0 Å². The number of benzene rings is 1. The average Bonchev–Trinajstić information content (AvgIpc) is 2.56. The molecule has 0 bridgehead atoms. The molecule has 0 radical (unpaired) electrons. The normalized spacial score (nSPS) is 20.8. The highest BCUT2D eigenvalue weighted by atomic mass is 16.4. The summed E-state index contributed by atoms with van der Waals surface area (Å²) < 4.78 is 0. The Morgan fingerprint density at radius 3 is 2.21 bits per heavy atom. The van der Waals surface area contributed by atoms with Crippen LogP contribution >= 0.6 is 0 Å². The van der Waals surface area contributed by atoms with E-state index in [0.717, 1.165) is 36.1 Å². The third-order valence-electron chi connectivity index (χ3n) is 4.96. The van der Waals surface area contributed by atoms with Gasteiger partial charge in [-0.25, -0.2) is 0 Å². The quantitative estimate of drug-likeness (QED) is 0.759. The van der Waals surface area contributed by atoms with Gasteiger partial charge in [0.15, 0.2) is 0 Å². The van der Waals surface area contributed by atoms with Gasteiger partial charge in [-0.15, -0.1) is 0 Å². The molecule has 0 aromatic heterocycles. The molecule has 1 aromatic rings. The Hall–Kier alpha value is -2.10. The van der Waals surface area contributed by atoms with Crippen LogP contribution in [0.1, 0.15) is 52.0 Å². The van der Waals surface area contributed by atoms with Crippen LogP contribution in [0, 0.1) is 11.8 Å². The number of hydrogen-bond donors (Lipinski definition) is 2. The number of rotatable bonds is 6. The van der Waals surface area contributed by atoms with Gasteiger partial charge in [0.05, 0.1) is 11.8 Å². The molecule has 1 aliphatic rings. The molecule has 0 spiro atoms. The van der Waals surface area contributed by atoms with Crippen LogP contribution in [0.3, 0.4) is 0 Å². The number of hydrogen-bond acceptors (Lipinski definition) is 2. The molecular formula is C20H27NO3. The molecule has 2 N–H and O–H groups in total. The van der Waals surface area contributed by atoms with Gasteiger partial charge in [-0.05, 0) is 57.2 Å². The minimum atomic E-state index is -0.892. The Labute approximate surface area is 144 Å². The van der Waals surface area contributed by atoms with Crippen molar-refractivity contribution in [2.75, 3.05) is 5.32 Å². The molecule has 24 heavy (non-hydrogen) atoms. The van der Waals surface area contributed by atoms with E-state index in [1.165, 1.54) is 5.56 Å². The second-order valence-corrected chi connectivity index (χ2v) is 6.81. The predicted molar refractivity (Wildman–Crippen MR) is 95.9 cm³/mol. The standard InChI is InChI=1S/C20H27NO3/c1-4-5-6-15-7-9-16(10-8-15)21-19(22)17-11-13(2)14(3)12-18(17)20(23)24/h7-10,17-18H,4-6,11-12H2,1-3H3,(H,21,22)(H,23,24). The Balaban J connectivity index is 2.06. The number of unbranched alkanes of at least 4 members (excludes halogenated alkanes) is 1. The first kappa shape index (κ1) is 18.2. The number of carboxylic acids is 1. The van der Waals surface area contributed by atoms with Gasteiger partial charge in [-0.2, -0.15) is 0 Å². The van der Waals surface area contributed by atoms with Crippen molar-refractivity contribution in [1.29, 1.82) is 0 Å². The van der Waals surface area contributed by atoms with Crippen LogP contribution in [-0.4, -0.2) is 17.0 Å². The lowest BCUT2D eigenvalue weighted by Crippen LogP contribution is -2.36. The molecule has 130 valence electrons. The second-order valence-electron chi connectivity index (χ2n) is 6.81. The fourth-order valence-corrected chi connectivity index (χ4v) is 3.20. The van der Waals surface area contributed by atoms with Gasteiger partial charge in [-0.1, -0.05) is 36.6 Å². The Morgan fingerprint density at radius 1 is 1.08 bits per heavy atom. The number of carbonyl (C=O) groups excluding carboxylic acids is 1. The van der Waals surface area contributed by atoms with Crippen molar-refractivity contribution in [3.8, 4) is 0 Å². The maximum atomic E-state index is 12.6. The van der Waals surface area contributed by atoms with E-state index in [2.05, 4.69) is 12.2 Å². The van der Waals surface area contributed by atoms with E-state index in [9.17, 15) is 14.7 Å². The molecule has 1 amide bonds. The molecule has 4 heteroatoms. The van der Waals surface area contributed by atoms with Crippen LogP contribution in [0.2, 0.25) is 0 Å². The van der Waals surface area contributed by atoms with Crippen LogP contribution in [0.25, 0.3) is 0 Å². The van der Waals surface area contributed by atoms with Crippen LogP contribution < -0.4 is 5.32 Å². The van der Waals surface area contributed by atoms with Crippen molar-refractivity contribution in [1.82, 2.24) is 0 Å². The van der Waals surface area contributed by atoms with E-state index in [0.29, 0.717) is 12.8 Å². The number of nitrogens with one attached hydrogen (secondary N) is 1. The van der Waals surface area contributed by atoms with Crippen LogP contribution in [0.5, 0.6) is 0 Å². The number of allylic oxidation sites excluding steroid dienone is 2. The van der Waals surface area contributed by atoms with Gasteiger partial charge < -0.3 is 10.4 Å². The van der Waals surface area contributed by atoms with Crippen molar-refractivity contribution in [2.45, 2.75) is 52.9 Å². The molecule has 0 saturated carbocycles. The monoisotopic (exact) mass is 329 g/mol. The van der Waals surface area contributed by atoms with Crippen molar-refractivity contribution >= 4 is 17.6 Å². The van der Waals surface area contributed by atoms with Crippen LogP contribution in [-0.2, 0) is 16.0 Å². The summed E-state index contributed by atoms with van der Waals surface area (Å²) in [4.78, 5) is 24.1. The van der Waals surface area contributed by atoms with Gasteiger partial charge >= 0.3 is 5.97 Å². The number of aliphatic carboxylic acids is 1. The van der Waals surface area contributed by atoms with E-state index in [1.807, 2.05) is 38.1 Å².